The van der Waals surface area contributed by atoms with Crippen molar-refractivity contribution in [2.24, 2.45) is 0 Å². The molecule has 100 valence electrons. The number of fused-ring (bicyclic) bond motifs is 1. The fourth-order valence-corrected chi connectivity index (χ4v) is 3.88. The summed E-state index contributed by atoms with van der Waals surface area (Å²) in [7, 11) is 0. The van der Waals surface area contributed by atoms with Gasteiger partial charge in [0.2, 0.25) is 0 Å². The zero-order valence-corrected chi connectivity index (χ0v) is 12.5. The van der Waals surface area contributed by atoms with E-state index in [0.29, 0.717) is 6.04 Å². The molecule has 2 heteroatoms. The first-order valence-corrected chi connectivity index (χ1v) is 7.90. The molecular formula is C17H21NS. The van der Waals surface area contributed by atoms with Crippen molar-refractivity contribution in [1.82, 2.24) is 5.32 Å². The minimum absolute atomic E-state index is 0.561. The van der Waals surface area contributed by atoms with Crippen LogP contribution in [0.4, 0.5) is 0 Å². The van der Waals surface area contributed by atoms with Gasteiger partial charge in [0.25, 0.3) is 0 Å². The molecule has 1 heterocycles. The van der Waals surface area contributed by atoms with Crippen LogP contribution in [0.15, 0.2) is 36.4 Å². The van der Waals surface area contributed by atoms with E-state index >= 15 is 0 Å². The van der Waals surface area contributed by atoms with E-state index in [0.717, 1.165) is 18.9 Å². The van der Waals surface area contributed by atoms with Crippen LogP contribution in [0.3, 0.4) is 0 Å². The Morgan fingerprint density at radius 2 is 2.11 bits per heavy atom. The van der Waals surface area contributed by atoms with Crippen LogP contribution in [0.25, 0.3) is 0 Å². The average molecular weight is 271 g/mol. The second-order valence-corrected chi connectivity index (χ2v) is 7.00. The van der Waals surface area contributed by atoms with E-state index in [4.69, 9.17) is 0 Å². The lowest BCUT2D eigenvalue weighted by Crippen LogP contribution is -2.35. The van der Waals surface area contributed by atoms with Gasteiger partial charge in [-0.05, 0) is 49.9 Å². The van der Waals surface area contributed by atoms with E-state index in [2.05, 4.69) is 55.6 Å². The third-order valence-electron chi connectivity index (χ3n) is 3.98. The Labute approximate surface area is 119 Å². The van der Waals surface area contributed by atoms with E-state index < -0.39 is 0 Å². The van der Waals surface area contributed by atoms with Gasteiger partial charge in [0.15, 0.2) is 0 Å². The molecule has 2 aromatic rings. The molecule has 1 aliphatic rings. The fraction of sp³-hybridized carbons (Fsp3) is 0.412. The lowest BCUT2D eigenvalue weighted by atomic mass is 9.77. The van der Waals surface area contributed by atoms with Crippen molar-refractivity contribution in [2.45, 2.75) is 38.6 Å². The Morgan fingerprint density at radius 3 is 2.84 bits per heavy atom. The highest BCUT2D eigenvalue weighted by Gasteiger charge is 2.25. The van der Waals surface area contributed by atoms with Crippen LogP contribution in [0.1, 0.15) is 33.7 Å². The molecule has 1 aromatic carbocycles. The van der Waals surface area contributed by atoms with Crippen LogP contribution in [-0.4, -0.2) is 12.6 Å². The molecule has 0 radical (unpaired) electrons. The fourth-order valence-electron chi connectivity index (χ4n) is 2.86. The lowest BCUT2D eigenvalue weighted by molar-refractivity contribution is 0.478. The van der Waals surface area contributed by atoms with Crippen LogP contribution < -0.4 is 5.32 Å². The highest BCUT2D eigenvalue weighted by Crippen LogP contribution is 2.34. The molecule has 3 rings (SSSR count). The van der Waals surface area contributed by atoms with E-state index in [1.165, 1.54) is 21.7 Å². The number of hydrogen-bond acceptors (Lipinski definition) is 2. The van der Waals surface area contributed by atoms with Gasteiger partial charge in [-0.2, -0.15) is 0 Å². The molecule has 0 spiro atoms. The summed E-state index contributed by atoms with van der Waals surface area (Å²) >= 11 is 1.92. The minimum Gasteiger partial charge on any atom is -0.313 e. The minimum atomic E-state index is 0.561. The third-order valence-corrected chi connectivity index (χ3v) is 5.00. The summed E-state index contributed by atoms with van der Waals surface area (Å²) in [6, 6.07) is 13.9. The molecule has 19 heavy (non-hydrogen) atoms. The maximum absolute atomic E-state index is 3.69. The molecule has 2 unspecified atom stereocenters. The lowest BCUT2D eigenvalue weighted by Gasteiger charge is -2.31. The monoisotopic (exact) mass is 271 g/mol. The smallest absolute Gasteiger partial charge is 0.00872 e. The van der Waals surface area contributed by atoms with Crippen molar-refractivity contribution in [3.8, 4) is 0 Å². The zero-order chi connectivity index (χ0) is 13.2. The summed E-state index contributed by atoms with van der Waals surface area (Å²) in [4.78, 5) is 2.90. The first-order valence-electron chi connectivity index (χ1n) is 7.09. The van der Waals surface area contributed by atoms with Gasteiger partial charge in [0, 0.05) is 28.3 Å². The predicted molar refractivity (Wildman–Crippen MR) is 83.1 cm³/mol. The first kappa shape index (κ1) is 12.9. The Morgan fingerprint density at radius 1 is 1.26 bits per heavy atom. The van der Waals surface area contributed by atoms with Crippen molar-refractivity contribution >= 4 is 11.3 Å². The Balaban J connectivity index is 1.48. The number of rotatable bonds is 5. The van der Waals surface area contributed by atoms with Crippen LogP contribution in [0.2, 0.25) is 0 Å². The largest absolute Gasteiger partial charge is 0.313 e. The molecule has 2 atom stereocenters. The highest BCUT2D eigenvalue weighted by atomic mass is 32.1. The number of benzene rings is 1. The van der Waals surface area contributed by atoms with Gasteiger partial charge >= 0.3 is 0 Å². The van der Waals surface area contributed by atoms with E-state index in [1.807, 2.05) is 11.3 Å². The number of hydrogen-bond donors (Lipinski definition) is 1. The van der Waals surface area contributed by atoms with Gasteiger partial charge in [-0.15, -0.1) is 11.3 Å². The SMILES string of the molecule is Cc1ccc(CC(C)NCC2Cc3ccccc32)s1. The molecule has 1 aromatic heterocycles. The van der Waals surface area contributed by atoms with Crippen molar-refractivity contribution in [3.63, 3.8) is 0 Å². The van der Waals surface area contributed by atoms with Gasteiger partial charge in [-0.3, -0.25) is 0 Å². The first-order chi connectivity index (χ1) is 9.22. The maximum atomic E-state index is 3.69. The normalized spacial score (nSPS) is 18.7. The van der Waals surface area contributed by atoms with Gasteiger partial charge in [0.05, 0.1) is 0 Å². The standard InChI is InChI=1S/C17H21NS/c1-12(9-16-8-7-13(2)19-16)18-11-15-10-14-5-3-4-6-17(14)15/h3-8,12,15,18H,9-11H2,1-2H3. The van der Waals surface area contributed by atoms with E-state index in [9.17, 15) is 0 Å². The number of aryl methyl sites for hydroxylation is 1. The average Bonchev–Trinajstić information content (AvgIpc) is 2.76. The zero-order valence-electron chi connectivity index (χ0n) is 11.6. The molecule has 1 aliphatic carbocycles. The molecule has 0 bridgehead atoms. The van der Waals surface area contributed by atoms with Crippen molar-refractivity contribution < 1.29 is 0 Å². The number of thiophene rings is 1. The molecular weight excluding hydrogens is 250 g/mol. The molecule has 1 N–H and O–H groups in total. The van der Waals surface area contributed by atoms with Gasteiger partial charge in [0.1, 0.15) is 0 Å². The summed E-state index contributed by atoms with van der Waals surface area (Å²) in [5.74, 6) is 0.726. The number of nitrogens with one attached hydrogen (secondary N) is 1. The molecule has 1 nitrogen and oxygen atoms in total. The van der Waals surface area contributed by atoms with Crippen molar-refractivity contribution in [2.75, 3.05) is 6.54 Å². The maximum Gasteiger partial charge on any atom is 0.00872 e. The predicted octanol–water partition coefficient (Wildman–Crippen LogP) is 3.92. The Bertz CT molecular complexity index is 558. The summed E-state index contributed by atoms with van der Waals surface area (Å²) in [6.07, 6.45) is 2.39. The van der Waals surface area contributed by atoms with Gasteiger partial charge in [-0.1, -0.05) is 24.3 Å². The van der Waals surface area contributed by atoms with Crippen LogP contribution in [0.5, 0.6) is 0 Å². The molecule has 0 saturated heterocycles. The quantitative estimate of drug-likeness (QED) is 0.869. The second-order valence-electron chi connectivity index (χ2n) is 5.63. The molecule has 0 saturated carbocycles. The van der Waals surface area contributed by atoms with Crippen LogP contribution in [0, 0.1) is 6.92 Å². The van der Waals surface area contributed by atoms with Crippen molar-refractivity contribution in [1.29, 1.82) is 0 Å². The Kier molecular flexibility index (Phi) is 3.72. The van der Waals surface area contributed by atoms with Crippen LogP contribution in [-0.2, 0) is 12.8 Å². The van der Waals surface area contributed by atoms with Crippen LogP contribution >= 0.6 is 11.3 Å². The summed E-state index contributed by atoms with van der Waals surface area (Å²) in [5.41, 5.74) is 3.09. The summed E-state index contributed by atoms with van der Waals surface area (Å²) < 4.78 is 0. The van der Waals surface area contributed by atoms with Gasteiger partial charge in [-0.25, -0.2) is 0 Å². The van der Waals surface area contributed by atoms with Crippen molar-refractivity contribution in [3.05, 3.63) is 57.3 Å². The van der Waals surface area contributed by atoms with E-state index in [1.54, 1.807) is 5.56 Å². The van der Waals surface area contributed by atoms with Gasteiger partial charge < -0.3 is 5.32 Å². The summed E-state index contributed by atoms with van der Waals surface area (Å²) in [6.45, 7) is 5.58. The Hall–Kier alpha value is -1.12. The molecule has 0 fully saturated rings. The topological polar surface area (TPSA) is 12.0 Å². The molecule has 0 aliphatic heterocycles. The van der Waals surface area contributed by atoms with E-state index in [-0.39, 0.29) is 0 Å². The third kappa shape index (κ3) is 2.90. The molecule has 0 amide bonds. The summed E-state index contributed by atoms with van der Waals surface area (Å²) in [5, 5.41) is 3.69. The highest BCUT2D eigenvalue weighted by molar-refractivity contribution is 7.11. The second kappa shape index (κ2) is 5.48.